The maximum atomic E-state index is 11.6. The van der Waals surface area contributed by atoms with Gasteiger partial charge < -0.3 is 75.0 Å². The first-order chi connectivity index (χ1) is 16.9. The Hall–Kier alpha value is -1.09. The summed E-state index contributed by atoms with van der Waals surface area (Å²) >= 11 is 0. The summed E-state index contributed by atoms with van der Waals surface area (Å²) in [5, 5.41) is 93.8. The standard InChI is InChI=1S/C20H35NO15/c1-5-10(25)17(15(30)18(31)32-5)36-20-14(29)13(28)16(8(4-23)34-20)35-19-9(21-6(2)24)12(27)11(26)7(3-22)33-19/h5,7-20,22-23,25-31H,3-4H2,1-2H3,(H,21,24)/t5-,7+,8+,9-,10-,11+,12+,13+,14+,15+,16+,17+,18?,19-,20+/m0/s1. The highest BCUT2D eigenvalue weighted by Crippen LogP contribution is 2.32. The number of ether oxygens (including phenoxy) is 5. The lowest BCUT2D eigenvalue weighted by Gasteiger charge is -2.48. The van der Waals surface area contributed by atoms with Crippen molar-refractivity contribution < 1.29 is 74.4 Å². The van der Waals surface area contributed by atoms with Gasteiger partial charge in [-0.1, -0.05) is 0 Å². The third kappa shape index (κ3) is 5.97. The van der Waals surface area contributed by atoms with Gasteiger partial charge in [0.1, 0.15) is 67.1 Å². The molecule has 0 radical (unpaired) electrons. The van der Waals surface area contributed by atoms with E-state index in [2.05, 4.69) is 5.32 Å². The molecule has 10 N–H and O–H groups in total. The molecule has 0 saturated carbocycles. The number of aliphatic hydroxyl groups excluding tert-OH is 9. The molecule has 16 nitrogen and oxygen atoms in total. The van der Waals surface area contributed by atoms with Crippen LogP contribution in [0.15, 0.2) is 0 Å². The van der Waals surface area contributed by atoms with E-state index in [0.29, 0.717) is 0 Å². The van der Waals surface area contributed by atoms with Crippen LogP contribution in [-0.4, -0.2) is 157 Å². The van der Waals surface area contributed by atoms with Gasteiger partial charge in [0.2, 0.25) is 5.91 Å². The number of hydrogen-bond donors (Lipinski definition) is 10. The predicted molar refractivity (Wildman–Crippen MR) is 111 cm³/mol. The molecular formula is C20H35NO15. The van der Waals surface area contributed by atoms with Crippen molar-refractivity contribution in [3.63, 3.8) is 0 Å². The van der Waals surface area contributed by atoms with Gasteiger partial charge in [0.05, 0.1) is 19.3 Å². The minimum absolute atomic E-state index is 0.622. The predicted octanol–water partition coefficient (Wildman–Crippen LogP) is -6.40. The van der Waals surface area contributed by atoms with Crippen molar-refractivity contribution in [2.24, 2.45) is 0 Å². The second-order valence-electron chi connectivity index (χ2n) is 9.05. The van der Waals surface area contributed by atoms with E-state index in [-0.39, 0.29) is 0 Å². The third-order valence-corrected chi connectivity index (χ3v) is 6.45. The zero-order valence-electron chi connectivity index (χ0n) is 19.5. The highest BCUT2D eigenvalue weighted by molar-refractivity contribution is 5.73. The third-order valence-electron chi connectivity index (χ3n) is 6.45. The zero-order chi connectivity index (χ0) is 26.9. The van der Waals surface area contributed by atoms with Crippen LogP contribution in [0.25, 0.3) is 0 Å². The fourth-order valence-corrected chi connectivity index (χ4v) is 4.40. The molecule has 0 aromatic heterocycles. The lowest BCUT2D eigenvalue weighted by Crippen LogP contribution is -2.68. The molecule has 3 heterocycles. The van der Waals surface area contributed by atoms with Crippen molar-refractivity contribution in [1.82, 2.24) is 5.32 Å². The summed E-state index contributed by atoms with van der Waals surface area (Å²) in [7, 11) is 0. The van der Waals surface area contributed by atoms with Crippen LogP contribution in [0, 0.1) is 0 Å². The maximum Gasteiger partial charge on any atom is 0.217 e. The quantitative estimate of drug-likeness (QED) is 0.147. The van der Waals surface area contributed by atoms with Gasteiger partial charge in [-0.05, 0) is 6.92 Å². The fraction of sp³-hybridized carbons (Fsp3) is 0.950. The summed E-state index contributed by atoms with van der Waals surface area (Å²) in [6, 6.07) is -1.37. The van der Waals surface area contributed by atoms with Crippen LogP contribution in [0.3, 0.4) is 0 Å². The van der Waals surface area contributed by atoms with Crippen molar-refractivity contribution in [3.05, 3.63) is 0 Å². The van der Waals surface area contributed by atoms with Gasteiger partial charge in [-0.25, -0.2) is 0 Å². The first kappa shape index (κ1) is 29.5. The monoisotopic (exact) mass is 529 g/mol. The summed E-state index contributed by atoms with van der Waals surface area (Å²) in [5.74, 6) is -0.622. The number of amides is 1. The van der Waals surface area contributed by atoms with Gasteiger partial charge in [-0.2, -0.15) is 0 Å². The number of rotatable bonds is 7. The fourth-order valence-electron chi connectivity index (χ4n) is 4.40. The molecule has 16 heteroatoms. The summed E-state index contributed by atoms with van der Waals surface area (Å²) < 4.78 is 27.0. The number of carbonyl (C=O) groups is 1. The molecule has 3 saturated heterocycles. The average molecular weight is 529 g/mol. The first-order valence-corrected chi connectivity index (χ1v) is 11.4. The zero-order valence-corrected chi connectivity index (χ0v) is 19.5. The van der Waals surface area contributed by atoms with E-state index in [1.807, 2.05) is 0 Å². The minimum atomic E-state index is -1.88. The molecule has 1 amide bonds. The molecule has 3 aliphatic heterocycles. The first-order valence-electron chi connectivity index (χ1n) is 11.4. The van der Waals surface area contributed by atoms with Crippen molar-refractivity contribution in [2.45, 2.75) is 106 Å². The van der Waals surface area contributed by atoms with E-state index < -0.39 is 111 Å². The van der Waals surface area contributed by atoms with Crippen LogP contribution in [0.1, 0.15) is 13.8 Å². The molecule has 1 unspecified atom stereocenters. The molecule has 3 aliphatic rings. The van der Waals surface area contributed by atoms with Gasteiger partial charge in [-0.15, -0.1) is 0 Å². The number of nitrogens with one attached hydrogen (secondary N) is 1. The van der Waals surface area contributed by atoms with E-state index in [1.54, 1.807) is 0 Å². The van der Waals surface area contributed by atoms with Gasteiger partial charge in [-0.3, -0.25) is 4.79 Å². The number of carbonyl (C=O) groups excluding carboxylic acids is 1. The SMILES string of the molecule is CC(=O)N[C@@H]1[C@H](O[C@H]2[C@H](O)[C@@H](O)[C@@H](O[C@@H]3[C@@H](O)[C@H](C)OC(O)[C@@H]3O)O[C@@H]2CO)O[C@H](CO)[C@@H](O)[C@@H]1O. The highest BCUT2D eigenvalue weighted by Gasteiger charge is 2.53. The van der Waals surface area contributed by atoms with Crippen LogP contribution in [0.5, 0.6) is 0 Å². The normalized spacial score (nSPS) is 50.0. The Labute approximate surface area is 205 Å². The Balaban J connectivity index is 1.77. The molecule has 3 fully saturated rings. The van der Waals surface area contributed by atoms with Crippen LogP contribution in [-0.2, 0) is 28.5 Å². The Morgan fingerprint density at radius 2 is 1.31 bits per heavy atom. The Bertz CT molecular complexity index is 715. The summed E-state index contributed by atoms with van der Waals surface area (Å²) in [5.41, 5.74) is 0. The van der Waals surface area contributed by atoms with Crippen molar-refractivity contribution in [2.75, 3.05) is 13.2 Å². The minimum Gasteiger partial charge on any atom is -0.394 e. The second kappa shape index (κ2) is 12.2. The van der Waals surface area contributed by atoms with Crippen LogP contribution < -0.4 is 5.32 Å². The highest BCUT2D eigenvalue weighted by atomic mass is 16.7. The molecule has 36 heavy (non-hydrogen) atoms. The molecule has 15 atom stereocenters. The van der Waals surface area contributed by atoms with Crippen LogP contribution >= 0.6 is 0 Å². The largest absolute Gasteiger partial charge is 0.394 e. The van der Waals surface area contributed by atoms with Gasteiger partial charge in [0.15, 0.2) is 18.9 Å². The van der Waals surface area contributed by atoms with E-state index in [9.17, 15) is 50.8 Å². The molecule has 210 valence electrons. The maximum absolute atomic E-state index is 11.6. The Kier molecular flexibility index (Phi) is 9.97. The van der Waals surface area contributed by atoms with Gasteiger partial charge in [0, 0.05) is 6.92 Å². The van der Waals surface area contributed by atoms with Gasteiger partial charge in [0.25, 0.3) is 0 Å². The number of hydrogen-bond acceptors (Lipinski definition) is 15. The lowest BCUT2D eigenvalue weighted by atomic mass is 9.95. The summed E-state index contributed by atoms with van der Waals surface area (Å²) in [4.78, 5) is 11.6. The van der Waals surface area contributed by atoms with E-state index in [1.165, 1.54) is 6.92 Å². The van der Waals surface area contributed by atoms with Gasteiger partial charge >= 0.3 is 0 Å². The molecule has 0 aliphatic carbocycles. The van der Waals surface area contributed by atoms with Crippen LogP contribution in [0.4, 0.5) is 0 Å². The van der Waals surface area contributed by atoms with Crippen molar-refractivity contribution >= 4 is 5.91 Å². The Morgan fingerprint density at radius 3 is 1.89 bits per heavy atom. The number of aliphatic hydroxyl groups is 9. The summed E-state index contributed by atoms with van der Waals surface area (Å²) in [6.07, 6.45) is -21.8. The van der Waals surface area contributed by atoms with E-state index >= 15 is 0 Å². The molecule has 0 aromatic carbocycles. The average Bonchev–Trinajstić information content (AvgIpc) is 2.83. The molecule has 0 aromatic rings. The summed E-state index contributed by atoms with van der Waals surface area (Å²) in [6.45, 7) is 1.02. The van der Waals surface area contributed by atoms with Crippen LogP contribution in [0.2, 0.25) is 0 Å². The lowest BCUT2D eigenvalue weighted by molar-refractivity contribution is -0.370. The molecule has 0 spiro atoms. The van der Waals surface area contributed by atoms with Crippen molar-refractivity contribution in [3.8, 4) is 0 Å². The van der Waals surface area contributed by atoms with Crippen molar-refractivity contribution in [1.29, 1.82) is 0 Å². The van der Waals surface area contributed by atoms with E-state index in [0.717, 1.165) is 6.92 Å². The molecule has 0 bridgehead atoms. The van der Waals surface area contributed by atoms with E-state index in [4.69, 9.17) is 23.7 Å². The smallest absolute Gasteiger partial charge is 0.217 e. The topological polar surface area (TPSA) is 257 Å². The molecule has 3 rings (SSSR count). The second-order valence-corrected chi connectivity index (χ2v) is 9.05. The molecular weight excluding hydrogens is 494 g/mol. The Morgan fingerprint density at radius 1 is 0.722 bits per heavy atom.